The fourth-order valence-electron chi connectivity index (χ4n) is 4.50. The highest BCUT2D eigenvalue weighted by Gasteiger charge is 2.52. The number of aromatic nitrogens is 3. The van der Waals surface area contributed by atoms with Gasteiger partial charge in [-0.3, -0.25) is 4.98 Å². The minimum atomic E-state index is -1.80. The Balaban J connectivity index is 1.84. The molecule has 1 aliphatic carbocycles. The zero-order valence-corrected chi connectivity index (χ0v) is 15.0. The standard InChI is InChI=1S/C22H18F3N3/c23-13-7-8-17-14(12-13)15(9-11-26-17)22(10-3-4-16(24)20(22)25)21-27-18-5-1-2-6-19(18)28-21/h1-2,5-9,11-12,16,20H,3-4,10H2,(H,27,28)/t16?,20?,22-/m1/s1. The maximum absolute atomic E-state index is 15.7. The number of alkyl halides is 2. The monoisotopic (exact) mass is 381 g/mol. The number of imidazole rings is 1. The van der Waals surface area contributed by atoms with Crippen LogP contribution < -0.4 is 0 Å². The molecular formula is C22H18F3N3. The number of nitrogens with one attached hydrogen (secondary N) is 1. The molecule has 2 unspecified atom stereocenters. The molecule has 0 radical (unpaired) electrons. The van der Waals surface area contributed by atoms with E-state index in [1.54, 1.807) is 18.3 Å². The quantitative estimate of drug-likeness (QED) is 0.505. The third kappa shape index (κ3) is 2.44. The molecule has 2 heterocycles. The van der Waals surface area contributed by atoms with Gasteiger partial charge < -0.3 is 4.98 Å². The lowest BCUT2D eigenvalue weighted by Crippen LogP contribution is -2.47. The first-order valence-corrected chi connectivity index (χ1v) is 9.38. The van der Waals surface area contributed by atoms with Crippen LogP contribution in [-0.4, -0.2) is 27.3 Å². The number of pyridine rings is 1. The van der Waals surface area contributed by atoms with Gasteiger partial charge >= 0.3 is 0 Å². The maximum Gasteiger partial charge on any atom is 0.148 e. The van der Waals surface area contributed by atoms with E-state index in [2.05, 4.69) is 15.0 Å². The van der Waals surface area contributed by atoms with Gasteiger partial charge in [0.1, 0.15) is 24.0 Å². The second-order valence-electron chi connectivity index (χ2n) is 7.40. The van der Waals surface area contributed by atoms with Crippen molar-refractivity contribution in [3.63, 3.8) is 0 Å². The summed E-state index contributed by atoms with van der Waals surface area (Å²) in [5.41, 5.74) is 1.18. The van der Waals surface area contributed by atoms with Crippen LogP contribution >= 0.6 is 0 Å². The highest BCUT2D eigenvalue weighted by molar-refractivity contribution is 5.84. The number of fused-ring (bicyclic) bond motifs is 2. The van der Waals surface area contributed by atoms with E-state index in [0.717, 1.165) is 5.52 Å². The predicted molar refractivity (Wildman–Crippen MR) is 102 cm³/mol. The van der Waals surface area contributed by atoms with Gasteiger partial charge in [0, 0.05) is 11.6 Å². The first kappa shape index (κ1) is 17.2. The van der Waals surface area contributed by atoms with Crippen LogP contribution in [0, 0.1) is 5.82 Å². The van der Waals surface area contributed by atoms with E-state index in [1.165, 1.54) is 12.1 Å². The number of halogens is 3. The van der Waals surface area contributed by atoms with Crippen molar-refractivity contribution in [3.8, 4) is 0 Å². The van der Waals surface area contributed by atoms with E-state index in [4.69, 9.17) is 0 Å². The molecule has 1 N–H and O–H groups in total. The third-order valence-electron chi connectivity index (χ3n) is 5.84. The minimum Gasteiger partial charge on any atom is -0.341 e. The van der Waals surface area contributed by atoms with Gasteiger partial charge in [-0.25, -0.2) is 18.2 Å². The van der Waals surface area contributed by atoms with Crippen molar-refractivity contribution < 1.29 is 13.2 Å². The molecule has 28 heavy (non-hydrogen) atoms. The van der Waals surface area contributed by atoms with E-state index in [0.29, 0.717) is 40.6 Å². The van der Waals surface area contributed by atoms with E-state index in [-0.39, 0.29) is 6.42 Å². The number of aromatic amines is 1. The van der Waals surface area contributed by atoms with Crippen molar-refractivity contribution in [2.45, 2.75) is 37.0 Å². The minimum absolute atomic E-state index is 0.167. The largest absolute Gasteiger partial charge is 0.341 e. The van der Waals surface area contributed by atoms with Crippen LogP contribution in [0.4, 0.5) is 13.2 Å². The first-order chi connectivity index (χ1) is 13.6. The van der Waals surface area contributed by atoms with Crippen LogP contribution in [0.5, 0.6) is 0 Å². The summed E-state index contributed by atoms with van der Waals surface area (Å²) in [4.78, 5) is 12.1. The van der Waals surface area contributed by atoms with Crippen LogP contribution in [0.3, 0.4) is 0 Å². The second-order valence-corrected chi connectivity index (χ2v) is 7.40. The van der Waals surface area contributed by atoms with Gasteiger partial charge in [0.25, 0.3) is 0 Å². The number of hydrogen-bond acceptors (Lipinski definition) is 2. The Morgan fingerprint density at radius 3 is 2.75 bits per heavy atom. The van der Waals surface area contributed by atoms with E-state index in [9.17, 15) is 8.78 Å². The molecular weight excluding hydrogens is 363 g/mol. The first-order valence-electron chi connectivity index (χ1n) is 9.38. The zero-order valence-electron chi connectivity index (χ0n) is 15.0. The molecule has 4 aromatic rings. The van der Waals surface area contributed by atoms with E-state index in [1.807, 2.05) is 24.3 Å². The molecule has 1 aliphatic rings. The van der Waals surface area contributed by atoms with Gasteiger partial charge in [-0.1, -0.05) is 12.1 Å². The number of hydrogen-bond donors (Lipinski definition) is 1. The number of para-hydroxylation sites is 2. The van der Waals surface area contributed by atoms with Crippen molar-refractivity contribution in [2.75, 3.05) is 0 Å². The molecule has 142 valence electrons. The molecule has 1 fully saturated rings. The summed E-state index contributed by atoms with van der Waals surface area (Å²) in [6.45, 7) is 0. The van der Waals surface area contributed by atoms with Gasteiger partial charge in [0.05, 0.1) is 22.0 Å². The third-order valence-corrected chi connectivity index (χ3v) is 5.84. The molecule has 0 aliphatic heterocycles. The van der Waals surface area contributed by atoms with Crippen LogP contribution in [0.15, 0.2) is 54.7 Å². The molecule has 0 bridgehead atoms. The molecule has 2 aromatic carbocycles. The highest BCUT2D eigenvalue weighted by Crippen LogP contribution is 2.48. The van der Waals surface area contributed by atoms with Crippen LogP contribution in [0.2, 0.25) is 0 Å². The van der Waals surface area contributed by atoms with Crippen LogP contribution in [-0.2, 0) is 5.41 Å². The maximum atomic E-state index is 15.7. The topological polar surface area (TPSA) is 41.6 Å². The van der Waals surface area contributed by atoms with Gasteiger partial charge in [-0.15, -0.1) is 0 Å². The molecule has 1 saturated carbocycles. The molecule has 5 rings (SSSR count). The van der Waals surface area contributed by atoms with Gasteiger partial charge in [-0.05, 0) is 61.2 Å². The smallest absolute Gasteiger partial charge is 0.148 e. The Bertz CT molecular complexity index is 1140. The number of benzene rings is 2. The van der Waals surface area contributed by atoms with Crippen molar-refractivity contribution in [3.05, 3.63) is 71.9 Å². The summed E-state index contributed by atoms with van der Waals surface area (Å²) < 4.78 is 44.4. The Morgan fingerprint density at radius 1 is 1.04 bits per heavy atom. The van der Waals surface area contributed by atoms with Crippen LogP contribution in [0.25, 0.3) is 21.9 Å². The number of H-pyrrole nitrogens is 1. The Labute approximate surface area is 159 Å². The van der Waals surface area contributed by atoms with Crippen molar-refractivity contribution in [1.82, 2.24) is 15.0 Å². The summed E-state index contributed by atoms with van der Waals surface area (Å²) in [6.07, 6.45) is -0.786. The number of nitrogens with zero attached hydrogens (tertiary/aromatic N) is 2. The Hall–Kier alpha value is -2.89. The average molecular weight is 381 g/mol. The van der Waals surface area contributed by atoms with Crippen molar-refractivity contribution in [2.24, 2.45) is 0 Å². The summed E-state index contributed by atoms with van der Waals surface area (Å²) >= 11 is 0. The second kappa shape index (κ2) is 6.33. The summed E-state index contributed by atoms with van der Waals surface area (Å²) in [7, 11) is 0. The molecule has 0 amide bonds. The number of rotatable bonds is 2. The molecule has 0 spiro atoms. The summed E-state index contributed by atoms with van der Waals surface area (Å²) in [5, 5.41) is 0.486. The lowest BCUT2D eigenvalue weighted by Gasteiger charge is -2.41. The molecule has 3 atom stereocenters. The average Bonchev–Trinajstić information content (AvgIpc) is 3.14. The normalized spacial score (nSPS) is 25.4. The van der Waals surface area contributed by atoms with Gasteiger partial charge in [-0.2, -0.15) is 0 Å². The van der Waals surface area contributed by atoms with Gasteiger partial charge in [0.2, 0.25) is 0 Å². The molecule has 3 nitrogen and oxygen atoms in total. The van der Waals surface area contributed by atoms with E-state index < -0.39 is 23.6 Å². The highest BCUT2D eigenvalue weighted by atomic mass is 19.2. The van der Waals surface area contributed by atoms with E-state index >= 15 is 4.39 Å². The molecule has 6 heteroatoms. The van der Waals surface area contributed by atoms with Gasteiger partial charge in [0.15, 0.2) is 0 Å². The summed E-state index contributed by atoms with van der Waals surface area (Å²) in [5.74, 6) is -0.0650. The SMILES string of the molecule is Fc1ccc2nccc([C@]3(c4nc5ccccc5[nH]4)CCCC(F)C3F)c2c1. The predicted octanol–water partition coefficient (Wildman–Crippen LogP) is 5.40. The molecule has 2 aromatic heterocycles. The Kier molecular flexibility index (Phi) is 3.89. The van der Waals surface area contributed by atoms with Crippen molar-refractivity contribution >= 4 is 21.9 Å². The van der Waals surface area contributed by atoms with Crippen LogP contribution in [0.1, 0.15) is 30.7 Å². The van der Waals surface area contributed by atoms with Crippen molar-refractivity contribution in [1.29, 1.82) is 0 Å². The summed E-state index contributed by atoms with van der Waals surface area (Å²) in [6, 6.07) is 13.3. The Morgan fingerprint density at radius 2 is 1.89 bits per heavy atom. The lowest BCUT2D eigenvalue weighted by atomic mass is 9.66. The zero-order chi connectivity index (χ0) is 19.3. The fourth-order valence-corrected chi connectivity index (χ4v) is 4.50. The fraction of sp³-hybridized carbons (Fsp3) is 0.273. The lowest BCUT2D eigenvalue weighted by molar-refractivity contribution is 0.0583. The molecule has 0 saturated heterocycles.